The molecule has 0 spiro atoms. The van der Waals surface area contributed by atoms with Crippen molar-refractivity contribution in [3.05, 3.63) is 144 Å². The van der Waals surface area contributed by atoms with Gasteiger partial charge in [0, 0.05) is 32.7 Å². The molecular formula is C36H26MgO8. The maximum Gasteiger partial charge on any atom is 2.00 e. The van der Waals surface area contributed by atoms with E-state index in [9.17, 15) is 30.0 Å². The van der Waals surface area contributed by atoms with Crippen molar-refractivity contribution in [1.82, 2.24) is 0 Å². The zero-order valence-corrected chi connectivity index (χ0v) is 25.4. The predicted octanol–water partition coefficient (Wildman–Crippen LogP) is 4.60. The fourth-order valence-corrected chi connectivity index (χ4v) is 4.67. The Kier molecular flexibility index (Phi) is 10.9. The second-order valence-corrected chi connectivity index (χ2v) is 9.76. The molecule has 9 heteroatoms. The van der Waals surface area contributed by atoms with Crippen molar-refractivity contribution in [3.63, 3.8) is 0 Å². The fourth-order valence-electron chi connectivity index (χ4n) is 4.67. The van der Waals surface area contributed by atoms with Gasteiger partial charge in [-0.3, -0.25) is 0 Å². The Hall–Kier alpha value is -5.25. The van der Waals surface area contributed by atoms with E-state index in [2.05, 4.69) is 0 Å². The maximum absolute atomic E-state index is 11.2. The minimum atomic E-state index is -1.44. The van der Waals surface area contributed by atoms with E-state index in [1.54, 1.807) is 48.5 Å². The van der Waals surface area contributed by atoms with Crippen molar-refractivity contribution >= 4 is 56.5 Å². The number of carboxylic acids is 2. The Labute approximate surface area is 274 Å². The zero-order valence-electron chi connectivity index (χ0n) is 24.0. The first kappa shape index (κ1) is 32.7. The van der Waals surface area contributed by atoms with Crippen molar-refractivity contribution in [2.75, 3.05) is 0 Å². The second kappa shape index (κ2) is 15.0. The van der Waals surface area contributed by atoms with Crippen LogP contribution in [0.15, 0.2) is 121 Å². The molecular weight excluding hydrogens is 585 g/mol. The molecule has 0 aliphatic rings. The summed E-state index contributed by atoms with van der Waals surface area (Å²) in [6.07, 6.45) is 0. The van der Waals surface area contributed by atoms with Gasteiger partial charge in [-0.05, 0) is 23.3 Å². The van der Waals surface area contributed by atoms with Crippen LogP contribution < -0.4 is 19.7 Å². The van der Waals surface area contributed by atoms with Gasteiger partial charge in [-0.2, -0.15) is 0 Å². The van der Waals surface area contributed by atoms with Crippen LogP contribution in [-0.4, -0.2) is 45.2 Å². The summed E-state index contributed by atoms with van der Waals surface area (Å²) >= 11 is 0. The SMILES string of the molecule is O=C([O-])c1cc(OCc2ccccc2)c2ccccc2c1O.O=C([O-])c1cc(OCc2ccccc2)c2ccccc2c1O.[Mg+2]. The van der Waals surface area contributed by atoms with Gasteiger partial charge in [0.2, 0.25) is 0 Å². The molecule has 8 nitrogen and oxygen atoms in total. The molecule has 2 N–H and O–H groups in total. The molecule has 0 saturated carbocycles. The molecule has 0 fully saturated rings. The van der Waals surface area contributed by atoms with Crippen LogP contribution >= 0.6 is 0 Å². The number of aromatic hydroxyl groups is 2. The molecule has 220 valence electrons. The molecule has 0 atom stereocenters. The van der Waals surface area contributed by atoms with Gasteiger partial charge < -0.3 is 39.5 Å². The van der Waals surface area contributed by atoms with Crippen LogP contribution in [-0.2, 0) is 13.2 Å². The smallest absolute Gasteiger partial charge is 0.545 e. The van der Waals surface area contributed by atoms with E-state index < -0.39 is 11.9 Å². The van der Waals surface area contributed by atoms with E-state index in [4.69, 9.17) is 9.47 Å². The number of ether oxygens (including phenoxy) is 2. The van der Waals surface area contributed by atoms with Crippen molar-refractivity contribution in [1.29, 1.82) is 0 Å². The van der Waals surface area contributed by atoms with E-state index in [-0.39, 0.29) is 45.7 Å². The van der Waals surface area contributed by atoms with Crippen molar-refractivity contribution in [3.8, 4) is 23.0 Å². The molecule has 6 rings (SSSR count). The van der Waals surface area contributed by atoms with Gasteiger partial charge in [-0.25, -0.2) is 0 Å². The summed E-state index contributed by atoms with van der Waals surface area (Å²) in [5, 5.41) is 44.6. The zero-order chi connectivity index (χ0) is 31.1. The number of aromatic carboxylic acids is 2. The third-order valence-electron chi connectivity index (χ3n) is 6.87. The number of carboxylic acid groups (broad SMARTS) is 2. The van der Waals surface area contributed by atoms with Crippen LogP contribution in [0.1, 0.15) is 31.8 Å². The molecule has 0 amide bonds. The number of rotatable bonds is 8. The van der Waals surface area contributed by atoms with Gasteiger partial charge in [0.15, 0.2) is 0 Å². The van der Waals surface area contributed by atoms with Crippen molar-refractivity contribution < 1.29 is 39.5 Å². The maximum atomic E-state index is 11.2. The van der Waals surface area contributed by atoms with Crippen LogP contribution in [0.5, 0.6) is 23.0 Å². The van der Waals surface area contributed by atoms with Gasteiger partial charge in [0.25, 0.3) is 0 Å². The second-order valence-electron chi connectivity index (χ2n) is 9.76. The Balaban J connectivity index is 0.000000200. The first-order valence-electron chi connectivity index (χ1n) is 13.6. The summed E-state index contributed by atoms with van der Waals surface area (Å²) < 4.78 is 11.5. The molecule has 6 aromatic carbocycles. The van der Waals surface area contributed by atoms with Crippen LogP contribution in [0, 0.1) is 0 Å². The van der Waals surface area contributed by atoms with Crippen LogP contribution in [0.3, 0.4) is 0 Å². The van der Waals surface area contributed by atoms with Crippen molar-refractivity contribution in [2.45, 2.75) is 13.2 Å². The average molecular weight is 611 g/mol. The summed E-state index contributed by atoms with van der Waals surface area (Å²) in [4.78, 5) is 22.3. The predicted molar refractivity (Wildman–Crippen MR) is 167 cm³/mol. The minimum absolute atomic E-state index is 0. The summed E-state index contributed by atoms with van der Waals surface area (Å²) in [5.41, 5.74) is 1.38. The molecule has 0 heterocycles. The van der Waals surface area contributed by atoms with Gasteiger partial charge in [-0.1, -0.05) is 109 Å². The normalized spacial score (nSPS) is 10.3. The first-order chi connectivity index (χ1) is 21.3. The number of carbonyl (C=O) groups excluding carboxylic acids is 2. The average Bonchev–Trinajstić information content (AvgIpc) is 3.05. The van der Waals surface area contributed by atoms with E-state index >= 15 is 0 Å². The molecule has 0 unspecified atom stereocenters. The summed E-state index contributed by atoms with van der Waals surface area (Å²) in [7, 11) is 0. The number of hydrogen-bond acceptors (Lipinski definition) is 8. The monoisotopic (exact) mass is 610 g/mol. The fraction of sp³-hybridized carbons (Fsp3) is 0.0556. The molecule has 6 aromatic rings. The summed E-state index contributed by atoms with van der Waals surface area (Å²) in [6, 6.07) is 35.6. The van der Waals surface area contributed by atoms with E-state index in [0.717, 1.165) is 11.1 Å². The quantitative estimate of drug-likeness (QED) is 0.239. The van der Waals surface area contributed by atoms with Crippen LogP contribution in [0.25, 0.3) is 21.5 Å². The number of benzene rings is 6. The molecule has 45 heavy (non-hydrogen) atoms. The van der Waals surface area contributed by atoms with Crippen molar-refractivity contribution in [2.24, 2.45) is 0 Å². The standard InChI is InChI=1S/2C18H14O4.Mg/c2*19-17-14-9-5-4-8-13(14)16(10-15(17)18(20)21)22-11-12-6-2-1-3-7-12;/h2*1-10,19H,11H2,(H,20,21);/q;;+2/p-2. The third kappa shape index (κ3) is 7.64. The molecule has 0 saturated heterocycles. The number of phenols is 2. The topological polar surface area (TPSA) is 139 Å². The molecule has 0 radical (unpaired) electrons. The van der Waals surface area contributed by atoms with Gasteiger partial charge >= 0.3 is 23.1 Å². The molecule has 0 aromatic heterocycles. The van der Waals surface area contributed by atoms with Gasteiger partial charge in [0.1, 0.15) is 36.2 Å². The Morgan fingerprint density at radius 2 is 0.822 bits per heavy atom. The van der Waals surface area contributed by atoms with E-state index in [1.165, 1.54) is 12.1 Å². The minimum Gasteiger partial charge on any atom is -0.545 e. The van der Waals surface area contributed by atoms with Gasteiger partial charge in [0.05, 0.1) is 11.9 Å². The summed E-state index contributed by atoms with van der Waals surface area (Å²) in [6.45, 7) is 0.615. The first-order valence-corrected chi connectivity index (χ1v) is 13.6. The summed E-state index contributed by atoms with van der Waals surface area (Å²) in [5.74, 6) is -2.68. The molecule has 0 aliphatic carbocycles. The Morgan fingerprint density at radius 1 is 0.511 bits per heavy atom. The van der Waals surface area contributed by atoms with Gasteiger partial charge in [-0.15, -0.1) is 0 Å². The Morgan fingerprint density at radius 3 is 1.16 bits per heavy atom. The number of hydrogen-bond donors (Lipinski definition) is 2. The molecule has 0 aliphatic heterocycles. The third-order valence-corrected chi connectivity index (χ3v) is 6.87. The largest absolute Gasteiger partial charge is 2.00 e. The number of fused-ring (bicyclic) bond motifs is 2. The Bertz CT molecular complexity index is 1800. The van der Waals surface area contributed by atoms with E-state index in [0.29, 0.717) is 46.3 Å². The molecule has 0 bridgehead atoms. The van der Waals surface area contributed by atoms with Crippen LogP contribution in [0.2, 0.25) is 0 Å². The number of carbonyl (C=O) groups is 2. The van der Waals surface area contributed by atoms with Crippen LogP contribution in [0.4, 0.5) is 0 Å². The van der Waals surface area contributed by atoms with E-state index in [1.807, 2.05) is 60.7 Å².